The van der Waals surface area contributed by atoms with E-state index < -0.39 is 0 Å². The van der Waals surface area contributed by atoms with Crippen LogP contribution in [0, 0.1) is 0 Å². The van der Waals surface area contributed by atoms with E-state index in [0.29, 0.717) is 24.5 Å². The lowest BCUT2D eigenvalue weighted by Crippen LogP contribution is -2.14. The van der Waals surface area contributed by atoms with Crippen LogP contribution in [0.25, 0.3) is 0 Å². The molecular formula is C17H19NO3S. The summed E-state index contributed by atoms with van der Waals surface area (Å²) in [7, 11) is 1.61. The molecule has 2 rings (SSSR count). The number of nitrogens with one attached hydrogen (secondary N) is 1. The van der Waals surface area contributed by atoms with E-state index >= 15 is 0 Å². The fourth-order valence-electron chi connectivity index (χ4n) is 1.89. The first kappa shape index (κ1) is 16.4. The average Bonchev–Trinajstić information content (AvgIpc) is 2.56. The topological polar surface area (TPSA) is 47.6 Å². The number of hydrogen-bond acceptors (Lipinski definition) is 4. The minimum atomic E-state index is -0.190. The molecule has 1 N–H and O–H groups in total. The van der Waals surface area contributed by atoms with Gasteiger partial charge in [-0.2, -0.15) is 0 Å². The summed E-state index contributed by atoms with van der Waals surface area (Å²) in [6.07, 6.45) is 2.02. The van der Waals surface area contributed by atoms with Gasteiger partial charge >= 0.3 is 0 Å². The summed E-state index contributed by atoms with van der Waals surface area (Å²) in [4.78, 5) is 13.5. The first-order chi connectivity index (χ1) is 10.7. The molecule has 0 aromatic heterocycles. The molecule has 0 saturated heterocycles. The Morgan fingerprint density at radius 1 is 1.09 bits per heavy atom. The van der Waals surface area contributed by atoms with Gasteiger partial charge in [0.25, 0.3) is 5.91 Å². The van der Waals surface area contributed by atoms with Gasteiger partial charge in [-0.3, -0.25) is 4.79 Å². The Balaban J connectivity index is 2.07. The minimum Gasteiger partial charge on any atom is -0.490 e. The molecule has 0 unspecified atom stereocenters. The molecule has 0 aliphatic carbocycles. The monoisotopic (exact) mass is 317 g/mol. The predicted molar refractivity (Wildman–Crippen MR) is 90.0 cm³/mol. The van der Waals surface area contributed by atoms with Crippen molar-refractivity contribution < 1.29 is 14.3 Å². The lowest BCUT2D eigenvalue weighted by atomic mass is 10.2. The van der Waals surface area contributed by atoms with Gasteiger partial charge in [0.1, 0.15) is 12.4 Å². The van der Waals surface area contributed by atoms with Crippen molar-refractivity contribution in [2.45, 2.75) is 4.90 Å². The summed E-state index contributed by atoms with van der Waals surface area (Å²) in [6, 6.07) is 14.9. The van der Waals surface area contributed by atoms with Gasteiger partial charge in [0.05, 0.1) is 12.2 Å². The Hall–Kier alpha value is -1.98. The third kappa shape index (κ3) is 4.51. The van der Waals surface area contributed by atoms with Crippen molar-refractivity contribution in [3.8, 4) is 5.75 Å². The molecule has 0 atom stereocenters. The largest absolute Gasteiger partial charge is 0.490 e. The molecule has 0 spiro atoms. The molecule has 116 valence electrons. The molecule has 0 saturated carbocycles. The first-order valence-electron chi connectivity index (χ1n) is 6.90. The maximum atomic E-state index is 12.4. The van der Waals surface area contributed by atoms with Crippen molar-refractivity contribution in [1.82, 2.24) is 0 Å². The summed E-state index contributed by atoms with van der Waals surface area (Å²) in [5, 5.41) is 2.88. The second kappa shape index (κ2) is 8.46. The van der Waals surface area contributed by atoms with Crippen LogP contribution < -0.4 is 10.1 Å². The van der Waals surface area contributed by atoms with Crippen LogP contribution in [0.5, 0.6) is 5.75 Å². The lowest BCUT2D eigenvalue weighted by Gasteiger charge is -2.11. The SMILES string of the molecule is COCCOc1ccccc1C(=O)Nc1ccc(SC)cc1. The van der Waals surface area contributed by atoms with Gasteiger partial charge in [-0.25, -0.2) is 0 Å². The van der Waals surface area contributed by atoms with Crippen LogP contribution >= 0.6 is 11.8 Å². The van der Waals surface area contributed by atoms with E-state index in [1.807, 2.05) is 42.7 Å². The molecule has 0 radical (unpaired) electrons. The van der Waals surface area contributed by atoms with Gasteiger partial charge < -0.3 is 14.8 Å². The van der Waals surface area contributed by atoms with Gasteiger partial charge in [0.15, 0.2) is 0 Å². The number of carbonyl (C=O) groups excluding carboxylic acids is 1. The van der Waals surface area contributed by atoms with Crippen LogP contribution in [-0.2, 0) is 4.74 Å². The zero-order valence-corrected chi connectivity index (χ0v) is 13.5. The number of thioether (sulfide) groups is 1. The highest BCUT2D eigenvalue weighted by atomic mass is 32.2. The summed E-state index contributed by atoms with van der Waals surface area (Å²) in [5.74, 6) is 0.364. The van der Waals surface area contributed by atoms with Gasteiger partial charge in [0, 0.05) is 17.7 Å². The molecule has 0 fully saturated rings. The molecule has 0 heterocycles. The molecule has 22 heavy (non-hydrogen) atoms. The Bertz CT molecular complexity index is 614. The van der Waals surface area contributed by atoms with Crippen LogP contribution in [0.4, 0.5) is 5.69 Å². The normalized spacial score (nSPS) is 10.3. The first-order valence-corrected chi connectivity index (χ1v) is 8.13. The molecule has 2 aromatic rings. The van der Waals surface area contributed by atoms with Gasteiger partial charge in [-0.15, -0.1) is 11.8 Å². The van der Waals surface area contributed by atoms with Crippen molar-refractivity contribution >= 4 is 23.4 Å². The summed E-state index contributed by atoms with van der Waals surface area (Å²) < 4.78 is 10.5. The van der Waals surface area contributed by atoms with E-state index in [-0.39, 0.29) is 5.91 Å². The number of anilines is 1. The smallest absolute Gasteiger partial charge is 0.259 e. The van der Waals surface area contributed by atoms with Crippen LogP contribution in [-0.4, -0.2) is 32.5 Å². The van der Waals surface area contributed by atoms with E-state index in [2.05, 4.69) is 5.32 Å². The standard InChI is InChI=1S/C17H19NO3S/c1-20-11-12-21-16-6-4-3-5-15(16)17(19)18-13-7-9-14(22-2)10-8-13/h3-10H,11-12H2,1-2H3,(H,18,19). The highest BCUT2D eigenvalue weighted by molar-refractivity contribution is 7.98. The fraction of sp³-hybridized carbons (Fsp3) is 0.235. The highest BCUT2D eigenvalue weighted by Crippen LogP contribution is 2.21. The van der Waals surface area contributed by atoms with Crippen molar-refractivity contribution in [2.75, 3.05) is 31.9 Å². The predicted octanol–water partition coefficient (Wildman–Crippen LogP) is 3.69. The van der Waals surface area contributed by atoms with Crippen molar-refractivity contribution in [3.63, 3.8) is 0 Å². The number of ether oxygens (including phenoxy) is 2. The molecular weight excluding hydrogens is 298 g/mol. The summed E-state index contributed by atoms with van der Waals surface area (Å²) >= 11 is 1.66. The molecule has 1 amide bonds. The third-order valence-corrected chi connectivity index (χ3v) is 3.77. The van der Waals surface area contributed by atoms with E-state index in [1.54, 1.807) is 31.0 Å². The van der Waals surface area contributed by atoms with Gasteiger partial charge in [-0.1, -0.05) is 12.1 Å². The number of carbonyl (C=O) groups is 1. The molecule has 4 nitrogen and oxygen atoms in total. The Kier molecular flexibility index (Phi) is 6.30. The van der Waals surface area contributed by atoms with Crippen molar-refractivity contribution in [2.24, 2.45) is 0 Å². The third-order valence-electron chi connectivity index (χ3n) is 3.02. The molecule has 5 heteroatoms. The van der Waals surface area contributed by atoms with Gasteiger partial charge in [0.2, 0.25) is 0 Å². The number of rotatable bonds is 7. The van der Waals surface area contributed by atoms with E-state index in [0.717, 1.165) is 10.6 Å². The number of benzene rings is 2. The zero-order chi connectivity index (χ0) is 15.8. The fourth-order valence-corrected chi connectivity index (χ4v) is 2.30. The average molecular weight is 317 g/mol. The quantitative estimate of drug-likeness (QED) is 0.625. The second-order valence-electron chi connectivity index (χ2n) is 4.52. The van der Waals surface area contributed by atoms with E-state index in [4.69, 9.17) is 9.47 Å². The Morgan fingerprint density at radius 2 is 1.82 bits per heavy atom. The van der Waals surface area contributed by atoms with Crippen molar-refractivity contribution in [3.05, 3.63) is 54.1 Å². The van der Waals surface area contributed by atoms with E-state index in [9.17, 15) is 4.79 Å². The highest BCUT2D eigenvalue weighted by Gasteiger charge is 2.12. The second-order valence-corrected chi connectivity index (χ2v) is 5.40. The summed E-state index contributed by atoms with van der Waals surface area (Å²) in [6.45, 7) is 0.884. The molecule has 0 aliphatic rings. The minimum absolute atomic E-state index is 0.190. The number of methoxy groups -OCH3 is 1. The van der Waals surface area contributed by atoms with Crippen LogP contribution in [0.15, 0.2) is 53.4 Å². The number of amides is 1. The maximum absolute atomic E-state index is 12.4. The number of para-hydroxylation sites is 1. The lowest BCUT2D eigenvalue weighted by molar-refractivity contribution is 0.101. The maximum Gasteiger partial charge on any atom is 0.259 e. The zero-order valence-electron chi connectivity index (χ0n) is 12.7. The Labute approximate surface area is 134 Å². The van der Waals surface area contributed by atoms with Crippen molar-refractivity contribution in [1.29, 1.82) is 0 Å². The van der Waals surface area contributed by atoms with Gasteiger partial charge in [-0.05, 0) is 42.7 Å². The van der Waals surface area contributed by atoms with Crippen LogP contribution in [0.3, 0.4) is 0 Å². The van der Waals surface area contributed by atoms with Crippen LogP contribution in [0.2, 0.25) is 0 Å². The molecule has 2 aromatic carbocycles. The van der Waals surface area contributed by atoms with E-state index in [1.165, 1.54) is 0 Å². The Morgan fingerprint density at radius 3 is 2.50 bits per heavy atom. The summed E-state index contributed by atoms with van der Waals surface area (Å²) in [5.41, 5.74) is 1.27. The van der Waals surface area contributed by atoms with Crippen LogP contribution in [0.1, 0.15) is 10.4 Å². The molecule has 0 aliphatic heterocycles. The number of hydrogen-bond donors (Lipinski definition) is 1. The molecule has 0 bridgehead atoms.